The number of likely N-dealkylation sites (N-methyl/N-ethyl adjacent to an activating group) is 1. The Kier molecular flexibility index (Phi) is 2.71. The fourth-order valence-electron chi connectivity index (χ4n) is 1.27. The van der Waals surface area contributed by atoms with Crippen molar-refractivity contribution in [2.24, 2.45) is 5.73 Å². The Balaban J connectivity index is 2.71. The van der Waals surface area contributed by atoms with Gasteiger partial charge in [-0.15, -0.1) is 0 Å². The van der Waals surface area contributed by atoms with Crippen molar-refractivity contribution in [1.29, 1.82) is 0 Å². The van der Waals surface area contributed by atoms with Gasteiger partial charge in [0.2, 0.25) is 0 Å². The number of hydrogen-bond donors (Lipinski definition) is 1. The highest BCUT2D eigenvalue weighted by Crippen LogP contribution is 2.14. The van der Waals surface area contributed by atoms with Gasteiger partial charge in [0.15, 0.2) is 0 Å². The standard InChI is InChI=1S/C9H16N2/c1-3-9-6-8(7-10)4-5-11(9)2/h4,6H,3,5,7,10H2,1-2H3. The lowest BCUT2D eigenvalue weighted by Crippen LogP contribution is -2.22. The monoisotopic (exact) mass is 152 g/mol. The van der Waals surface area contributed by atoms with Crippen LogP contribution in [-0.4, -0.2) is 25.0 Å². The van der Waals surface area contributed by atoms with Gasteiger partial charge in [0.1, 0.15) is 0 Å². The molecular weight excluding hydrogens is 136 g/mol. The molecule has 0 radical (unpaired) electrons. The Morgan fingerprint density at radius 1 is 1.64 bits per heavy atom. The maximum atomic E-state index is 5.53. The average molecular weight is 152 g/mol. The lowest BCUT2D eigenvalue weighted by molar-refractivity contribution is 0.441. The summed E-state index contributed by atoms with van der Waals surface area (Å²) >= 11 is 0. The Labute approximate surface area is 68.4 Å². The van der Waals surface area contributed by atoms with Crippen LogP contribution in [0.4, 0.5) is 0 Å². The molecular formula is C9H16N2. The fraction of sp³-hybridized carbons (Fsp3) is 0.556. The summed E-state index contributed by atoms with van der Waals surface area (Å²) in [4.78, 5) is 2.25. The SMILES string of the molecule is CCC1=CC(CN)=CCN1C. The molecule has 0 bridgehead atoms. The maximum absolute atomic E-state index is 5.53. The normalized spacial score (nSPS) is 17.9. The van der Waals surface area contributed by atoms with Gasteiger partial charge in [-0.05, 0) is 18.1 Å². The van der Waals surface area contributed by atoms with Crippen LogP contribution in [0.5, 0.6) is 0 Å². The highest BCUT2D eigenvalue weighted by atomic mass is 15.1. The Morgan fingerprint density at radius 2 is 2.36 bits per heavy atom. The summed E-state index contributed by atoms with van der Waals surface area (Å²) in [5.41, 5.74) is 8.18. The summed E-state index contributed by atoms with van der Waals surface area (Å²) in [6.07, 6.45) is 5.45. The maximum Gasteiger partial charge on any atom is 0.0359 e. The first-order chi connectivity index (χ1) is 5.27. The summed E-state index contributed by atoms with van der Waals surface area (Å²) in [7, 11) is 2.11. The van der Waals surface area contributed by atoms with Gasteiger partial charge in [0.05, 0.1) is 0 Å². The van der Waals surface area contributed by atoms with Crippen LogP contribution in [-0.2, 0) is 0 Å². The van der Waals surface area contributed by atoms with Gasteiger partial charge < -0.3 is 10.6 Å². The molecule has 1 heterocycles. The first-order valence-corrected chi connectivity index (χ1v) is 4.08. The molecule has 0 atom stereocenters. The van der Waals surface area contributed by atoms with Crippen LogP contribution >= 0.6 is 0 Å². The van der Waals surface area contributed by atoms with Crippen LogP contribution in [0.25, 0.3) is 0 Å². The molecule has 62 valence electrons. The van der Waals surface area contributed by atoms with E-state index in [0.29, 0.717) is 6.54 Å². The van der Waals surface area contributed by atoms with E-state index in [0.717, 1.165) is 13.0 Å². The van der Waals surface area contributed by atoms with E-state index in [9.17, 15) is 0 Å². The minimum absolute atomic E-state index is 0.664. The van der Waals surface area contributed by atoms with Crippen LogP contribution in [0.2, 0.25) is 0 Å². The fourth-order valence-corrected chi connectivity index (χ4v) is 1.27. The van der Waals surface area contributed by atoms with E-state index in [4.69, 9.17) is 5.73 Å². The van der Waals surface area contributed by atoms with Crippen molar-refractivity contribution in [3.8, 4) is 0 Å². The van der Waals surface area contributed by atoms with Gasteiger partial charge in [0, 0.05) is 25.8 Å². The number of allylic oxidation sites excluding steroid dienone is 1. The average Bonchev–Trinajstić information content (AvgIpc) is 2.05. The predicted octanol–water partition coefficient (Wildman–Crippen LogP) is 1.11. The van der Waals surface area contributed by atoms with Crippen molar-refractivity contribution < 1.29 is 0 Å². The summed E-state index contributed by atoms with van der Waals surface area (Å²) in [5, 5.41) is 0. The largest absolute Gasteiger partial charge is 0.374 e. The molecule has 0 fully saturated rings. The molecule has 0 aliphatic carbocycles. The van der Waals surface area contributed by atoms with Crippen LogP contribution in [0.15, 0.2) is 23.4 Å². The van der Waals surface area contributed by atoms with E-state index in [2.05, 4.69) is 31.0 Å². The predicted molar refractivity (Wildman–Crippen MR) is 48.1 cm³/mol. The summed E-state index contributed by atoms with van der Waals surface area (Å²) in [6.45, 7) is 3.84. The Bertz CT molecular complexity index is 192. The second-order valence-corrected chi connectivity index (χ2v) is 2.85. The van der Waals surface area contributed by atoms with Crippen LogP contribution < -0.4 is 5.73 Å². The zero-order chi connectivity index (χ0) is 8.27. The van der Waals surface area contributed by atoms with Crippen molar-refractivity contribution in [3.05, 3.63) is 23.4 Å². The van der Waals surface area contributed by atoms with E-state index in [1.807, 2.05) is 0 Å². The Hall–Kier alpha value is -0.760. The molecule has 0 amide bonds. The molecule has 0 saturated carbocycles. The topological polar surface area (TPSA) is 29.3 Å². The molecule has 0 saturated heterocycles. The van der Waals surface area contributed by atoms with Crippen molar-refractivity contribution >= 4 is 0 Å². The molecule has 2 nitrogen and oxygen atoms in total. The lowest BCUT2D eigenvalue weighted by atomic mass is 10.1. The summed E-state index contributed by atoms with van der Waals surface area (Å²) in [5.74, 6) is 0. The molecule has 1 aliphatic heterocycles. The minimum Gasteiger partial charge on any atom is -0.374 e. The number of nitrogens with two attached hydrogens (primary N) is 1. The quantitative estimate of drug-likeness (QED) is 0.642. The molecule has 0 unspecified atom stereocenters. The third-order valence-electron chi connectivity index (χ3n) is 2.07. The molecule has 1 rings (SSSR count). The van der Waals surface area contributed by atoms with E-state index >= 15 is 0 Å². The lowest BCUT2D eigenvalue weighted by Gasteiger charge is -2.24. The van der Waals surface area contributed by atoms with Crippen molar-refractivity contribution in [1.82, 2.24) is 4.90 Å². The number of nitrogens with zero attached hydrogens (tertiary/aromatic N) is 1. The highest BCUT2D eigenvalue weighted by molar-refractivity contribution is 5.28. The van der Waals surface area contributed by atoms with Gasteiger partial charge in [-0.1, -0.05) is 13.0 Å². The Morgan fingerprint density at radius 3 is 2.91 bits per heavy atom. The van der Waals surface area contributed by atoms with Gasteiger partial charge in [-0.25, -0.2) is 0 Å². The molecule has 1 aliphatic rings. The second kappa shape index (κ2) is 3.58. The van der Waals surface area contributed by atoms with Gasteiger partial charge in [0.25, 0.3) is 0 Å². The smallest absolute Gasteiger partial charge is 0.0359 e. The van der Waals surface area contributed by atoms with Crippen molar-refractivity contribution in [2.45, 2.75) is 13.3 Å². The first kappa shape index (κ1) is 8.34. The highest BCUT2D eigenvalue weighted by Gasteiger charge is 2.06. The second-order valence-electron chi connectivity index (χ2n) is 2.85. The zero-order valence-electron chi connectivity index (χ0n) is 7.30. The van der Waals surface area contributed by atoms with Gasteiger partial charge >= 0.3 is 0 Å². The summed E-state index contributed by atoms with van der Waals surface area (Å²) in [6, 6.07) is 0. The first-order valence-electron chi connectivity index (χ1n) is 4.08. The molecule has 0 aromatic heterocycles. The number of rotatable bonds is 2. The molecule has 0 aromatic rings. The number of hydrogen-bond acceptors (Lipinski definition) is 2. The van der Waals surface area contributed by atoms with Gasteiger partial charge in [-0.2, -0.15) is 0 Å². The molecule has 0 aromatic carbocycles. The van der Waals surface area contributed by atoms with Crippen molar-refractivity contribution in [2.75, 3.05) is 20.1 Å². The van der Waals surface area contributed by atoms with E-state index in [-0.39, 0.29) is 0 Å². The molecule has 11 heavy (non-hydrogen) atoms. The van der Waals surface area contributed by atoms with Crippen LogP contribution in [0.3, 0.4) is 0 Å². The van der Waals surface area contributed by atoms with E-state index < -0.39 is 0 Å². The third kappa shape index (κ3) is 1.84. The van der Waals surface area contributed by atoms with Crippen LogP contribution in [0.1, 0.15) is 13.3 Å². The molecule has 2 N–H and O–H groups in total. The van der Waals surface area contributed by atoms with Crippen molar-refractivity contribution in [3.63, 3.8) is 0 Å². The summed E-state index contributed by atoms with van der Waals surface area (Å²) < 4.78 is 0. The zero-order valence-corrected chi connectivity index (χ0v) is 7.30. The molecule has 2 heteroatoms. The van der Waals surface area contributed by atoms with E-state index in [1.165, 1.54) is 11.3 Å². The molecule has 0 spiro atoms. The van der Waals surface area contributed by atoms with E-state index in [1.54, 1.807) is 0 Å². The third-order valence-corrected chi connectivity index (χ3v) is 2.07. The van der Waals surface area contributed by atoms with Gasteiger partial charge in [-0.3, -0.25) is 0 Å². The van der Waals surface area contributed by atoms with Crippen LogP contribution in [0, 0.1) is 0 Å². The minimum atomic E-state index is 0.664.